The molecule has 17 heavy (non-hydrogen) atoms. The highest BCUT2D eigenvalue weighted by atomic mass is 16.6. The summed E-state index contributed by atoms with van der Waals surface area (Å²) in [5.74, 6) is 1.33. The smallest absolute Gasteiger partial charge is 0.0892 e. The van der Waals surface area contributed by atoms with Crippen molar-refractivity contribution in [3.8, 4) is 0 Å². The topological polar surface area (TPSA) is 32.8 Å². The van der Waals surface area contributed by atoms with E-state index in [0.29, 0.717) is 17.9 Å². The van der Waals surface area contributed by atoms with Gasteiger partial charge in [0.15, 0.2) is 0 Å². The van der Waals surface area contributed by atoms with Crippen molar-refractivity contribution in [3.63, 3.8) is 0 Å². The first kappa shape index (κ1) is 13.1. The van der Waals surface area contributed by atoms with Crippen LogP contribution in [0.5, 0.6) is 0 Å². The lowest BCUT2D eigenvalue weighted by Crippen LogP contribution is -2.27. The standard InChI is InChI=1S/C15H26O2/c1-11(5-6-13-14(2,3)17-13)12-7-9-15(4,16)10-8-12/h7,9,11-13,16H,5-6,8,10H2,1-4H3/t11-,12?,13?,15?/m0/s1. The van der Waals surface area contributed by atoms with Gasteiger partial charge in [0.1, 0.15) is 0 Å². The molecule has 2 aliphatic rings. The summed E-state index contributed by atoms with van der Waals surface area (Å²) in [6.07, 6.45) is 9.08. The van der Waals surface area contributed by atoms with Gasteiger partial charge in [-0.3, -0.25) is 0 Å². The van der Waals surface area contributed by atoms with Crippen LogP contribution in [-0.4, -0.2) is 22.4 Å². The maximum Gasteiger partial charge on any atom is 0.0892 e. The van der Waals surface area contributed by atoms with Crippen LogP contribution in [0, 0.1) is 11.8 Å². The van der Waals surface area contributed by atoms with Crippen LogP contribution in [-0.2, 0) is 4.74 Å². The highest BCUT2D eigenvalue weighted by Crippen LogP contribution is 2.40. The maximum absolute atomic E-state index is 9.86. The van der Waals surface area contributed by atoms with E-state index in [-0.39, 0.29) is 5.60 Å². The highest BCUT2D eigenvalue weighted by molar-refractivity contribution is 5.06. The molecule has 2 nitrogen and oxygen atoms in total. The van der Waals surface area contributed by atoms with Gasteiger partial charge in [-0.15, -0.1) is 0 Å². The van der Waals surface area contributed by atoms with Gasteiger partial charge in [0.2, 0.25) is 0 Å². The molecule has 0 spiro atoms. The fraction of sp³-hybridized carbons (Fsp3) is 0.867. The van der Waals surface area contributed by atoms with Gasteiger partial charge in [0.25, 0.3) is 0 Å². The Labute approximate surface area is 105 Å². The molecule has 1 N–H and O–H groups in total. The third-order valence-electron chi connectivity index (χ3n) is 4.47. The second-order valence-corrected chi connectivity index (χ2v) is 6.68. The van der Waals surface area contributed by atoms with Crippen LogP contribution in [0.25, 0.3) is 0 Å². The Bertz CT molecular complexity index is 304. The largest absolute Gasteiger partial charge is 0.386 e. The number of rotatable bonds is 4. The van der Waals surface area contributed by atoms with Crippen molar-refractivity contribution in [2.24, 2.45) is 11.8 Å². The molecule has 1 aliphatic carbocycles. The SMILES string of the molecule is C[C@@H](CCC1OC1(C)C)C1C=CC(C)(O)CC1. The summed E-state index contributed by atoms with van der Waals surface area (Å²) < 4.78 is 5.62. The third-order valence-corrected chi connectivity index (χ3v) is 4.47. The highest BCUT2D eigenvalue weighted by Gasteiger charge is 2.47. The molecular formula is C15H26O2. The van der Waals surface area contributed by atoms with E-state index in [4.69, 9.17) is 4.74 Å². The van der Waals surface area contributed by atoms with Gasteiger partial charge in [0.05, 0.1) is 17.3 Å². The van der Waals surface area contributed by atoms with Gasteiger partial charge in [-0.25, -0.2) is 0 Å². The van der Waals surface area contributed by atoms with E-state index in [1.807, 2.05) is 13.0 Å². The molecule has 0 aromatic rings. The van der Waals surface area contributed by atoms with Gasteiger partial charge in [-0.1, -0.05) is 19.1 Å². The van der Waals surface area contributed by atoms with Gasteiger partial charge < -0.3 is 9.84 Å². The monoisotopic (exact) mass is 238 g/mol. The molecule has 4 atom stereocenters. The van der Waals surface area contributed by atoms with Gasteiger partial charge in [0, 0.05) is 0 Å². The Morgan fingerprint density at radius 1 is 1.41 bits per heavy atom. The van der Waals surface area contributed by atoms with Crippen LogP contribution >= 0.6 is 0 Å². The lowest BCUT2D eigenvalue weighted by molar-refractivity contribution is 0.0830. The molecular weight excluding hydrogens is 212 g/mol. The van der Waals surface area contributed by atoms with Crippen molar-refractivity contribution < 1.29 is 9.84 Å². The zero-order chi connectivity index (χ0) is 12.7. The number of allylic oxidation sites excluding steroid dienone is 1. The predicted molar refractivity (Wildman–Crippen MR) is 69.8 cm³/mol. The van der Waals surface area contributed by atoms with E-state index >= 15 is 0 Å². The number of hydrogen-bond acceptors (Lipinski definition) is 2. The van der Waals surface area contributed by atoms with E-state index in [2.05, 4.69) is 26.8 Å². The molecule has 2 rings (SSSR count). The van der Waals surface area contributed by atoms with E-state index in [1.54, 1.807) is 0 Å². The molecule has 1 aliphatic heterocycles. The minimum absolute atomic E-state index is 0.131. The van der Waals surface area contributed by atoms with Crippen molar-refractivity contribution in [2.75, 3.05) is 0 Å². The summed E-state index contributed by atoms with van der Waals surface area (Å²) in [5.41, 5.74) is -0.441. The quantitative estimate of drug-likeness (QED) is 0.602. The van der Waals surface area contributed by atoms with Crippen LogP contribution in [0.2, 0.25) is 0 Å². The van der Waals surface area contributed by atoms with Crippen molar-refractivity contribution in [1.82, 2.24) is 0 Å². The Balaban J connectivity index is 1.76. The summed E-state index contributed by atoms with van der Waals surface area (Å²) in [6, 6.07) is 0. The van der Waals surface area contributed by atoms with Gasteiger partial charge >= 0.3 is 0 Å². The molecule has 0 saturated carbocycles. The maximum atomic E-state index is 9.86. The Morgan fingerprint density at radius 3 is 2.53 bits per heavy atom. The van der Waals surface area contributed by atoms with E-state index in [1.165, 1.54) is 12.8 Å². The molecule has 2 heteroatoms. The van der Waals surface area contributed by atoms with Gasteiger partial charge in [-0.05, 0) is 58.3 Å². The lowest BCUT2D eigenvalue weighted by Gasteiger charge is -2.30. The first-order valence-electron chi connectivity index (χ1n) is 6.90. The average molecular weight is 238 g/mol. The molecule has 0 aromatic carbocycles. The molecule has 0 bridgehead atoms. The van der Waals surface area contributed by atoms with Crippen LogP contribution in [0.1, 0.15) is 53.4 Å². The normalized spacial score (nSPS) is 41.2. The van der Waals surface area contributed by atoms with Crippen LogP contribution < -0.4 is 0 Å². The zero-order valence-corrected chi connectivity index (χ0v) is 11.6. The molecule has 98 valence electrons. The first-order chi connectivity index (χ1) is 7.80. The predicted octanol–water partition coefficient (Wildman–Crippen LogP) is 3.30. The molecule has 1 saturated heterocycles. The molecule has 1 heterocycles. The summed E-state index contributed by atoms with van der Waals surface area (Å²) in [4.78, 5) is 0. The molecule has 1 fully saturated rings. The van der Waals surface area contributed by atoms with Crippen molar-refractivity contribution >= 4 is 0 Å². The fourth-order valence-corrected chi connectivity index (χ4v) is 2.81. The van der Waals surface area contributed by atoms with Crippen molar-refractivity contribution in [3.05, 3.63) is 12.2 Å². The number of aliphatic hydroxyl groups is 1. The van der Waals surface area contributed by atoms with E-state index in [9.17, 15) is 5.11 Å². The summed E-state index contributed by atoms with van der Waals surface area (Å²) in [7, 11) is 0. The molecule has 0 radical (unpaired) electrons. The van der Waals surface area contributed by atoms with Gasteiger partial charge in [-0.2, -0.15) is 0 Å². The van der Waals surface area contributed by atoms with Crippen LogP contribution in [0.4, 0.5) is 0 Å². The second kappa shape index (κ2) is 4.40. The molecule has 0 amide bonds. The average Bonchev–Trinajstić information content (AvgIpc) is 2.83. The second-order valence-electron chi connectivity index (χ2n) is 6.68. The Hall–Kier alpha value is -0.340. The van der Waals surface area contributed by atoms with Crippen LogP contribution in [0.15, 0.2) is 12.2 Å². The zero-order valence-electron chi connectivity index (χ0n) is 11.6. The van der Waals surface area contributed by atoms with Crippen molar-refractivity contribution in [1.29, 1.82) is 0 Å². The Kier molecular flexibility index (Phi) is 3.39. The van der Waals surface area contributed by atoms with E-state index < -0.39 is 5.60 Å². The van der Waals surface area contributed by atoms with Crippen LogP contribution in [0.3, 0.4) is 0 Å². The van der Waals surface area contributed by atoms with E-state index in [0.717, 1.165) is 12.8 Å². The lowest BCUT2D eigenvalue weighted by atomic mass is 9.78. The summed E-state index contributed by atoms with van der Waals surface area (Å²) in [5, 5.41) is 9.86. The summed E-state index contributed by atoms with van der Waals surface area (Å²) >= 11 is 0. The third kappa shape index (κ3) is 3.32. The molecule has 0 aromatic heterocycles. The van der Waals surface area contributed by atoms with Crippen molar-refractivity contribution in [2.45, 2.75) is 70.7 Å². The minimum atomic E-state index is -0.572. The Morgan fingerprint density at radius 2 is 2.06 bits per heavy atom. The summed E-state index contributed by atoms with van der Waals surface area (Å²) in [6.45, 7) is 8.55. The number of ether oxygens (including phenoxy) is 1. The number of hydrogen-bond donors (Lipinski definition) is 1. The first-order valence-corrected chi connectivity index (χ1v) is 6.90. The molecule has 3 unspecified atom stereocenters. The fourth-order valence-electron chi connectivity index (χ4n) is 2.81. The minimum Gasteiger partial charge on any atom is -0.386 e. The number of epoxide rings is 1.